The highest BCUT2D eigenvalue weighted by Crippen LogP contribution is 2.19. The van der Waals surface area contributed by atoms with Gasteiger partial charge in [-0.25, -0.2) is 0 Å². The van der Waals surface area contributed by atoms with Gasteiger partial charge in [-0.05, 0) is 37.8 Å². The maximum Gasteiger partial charge on any atom is 0.241 e. The maximum absolute atomic E-state index is 12.0. The Morgan fingerprint density at radius 2 is 1.89 bits per heavy atom. The first kappa shape index (κ1) is 16.0. The number of ether oxygens (including phenoxy) is 1. The van der Waals surface area contributed by atoms with Crippen LogP contribution in [-0.2, 0) is 9.53 Å². The first-order valence-electron chi connectivity index (χ1n) is 6.37. The SMILES string of the molecule is Cc1ccc(NC(=O)C(N)C2CCOCC2)cc1.Cl. The molecular weight excluding hydrogens is 264 g/mol. The van der Waals surface area contributed by atoms with E-state index >= 15 is 0 Å². The summed E-state index contributed by atoms with van der Waals surface area (Å²) in [5.74, 6) is 0.120. The van der Waals surface area contributed by atoms with Gasteiger partial charge in [-0.3, -0.25) is 4.79 Å². The minimum absolute atomic E-state index is 0. The van der Waals surface area contributed by atoms with E-state index in [2.05, 4.69) is 5.32 Å². The predicted molar refractivity (Wildman–Crippen MR) is 78.6 cm³/mol. The van der Waals surface area contributed by atoms with Crippen LogP contribution < -0.4 is 11.1 Å². The number of benzene rings is 1. The molecule has 1 aliphatic rings. The van der Waals surface area contributed by atoms with Crippen LogP contribution in [-0.4, -0.2) is 25.2 Å². The normalized spacial score (nSPS) is 17.4. The van der Waals surface area contributed by atoms with Crippen molar-refractivity contribution in [3.05, 3.63) is 29.8 Å². The van der Waals surface area contributed by atoms with Gasteiger partial charge in [0.05, 0.1) is 6.04 Å². The lowest BCUT2D eigenvalue weighted by atomic mass is 9.92. The molecule has 106 valence electrons. The average molecular weight is 285 g/mol. The fourth-order valence-electron chi connectivity index (χ4n) is 2.15. The molecule has 19 heavy (non-hydrogen) atoms. The maximum atomic E-state index is 12.0. The van der Waals surface area contributed by atoms with Crippen molar-refractivity contribution in [2.75, 3.05) is 18.5 Å². The number of halogens is 1. The molecule has 5 heteroatoms. The van der Waals surface area contributed by atoms with Crippen LogP contribution in [0.3, 0.4) is 0 Å². The minimum Gasteiger partial charge on any atom is -0.381 e. The second-order valence-electron chi connectivity index (χ2n) is 4.83. The van der Waals surface area contributed by atoms with E-state index in [0.29, 0.717) is 13.2 Å². The highest BCUT2D eigenvalue weighted by Gasteiger charge is 2.26. The van der Waals surface area contributed by atoms with Crippen molar-refractivity contribution >= 4 is 24.0 Å². The van der Waals surface area contributed by atoms with Gasteiger partial charge in [0.15, 0.2) is 0 Å². The van der Waals surface area contributed by atoms with E-state index in [0.717, 1.165) is 18.5 Å². The van der Waals surface area contributed by atoms with Crippen LogP contribution >= 0.6 is 12.4 Å². The molecule has 1 aromatic carbocycles. The van der Waals surface area contributed by atoms with E-state index in [4.69, 9.17) is 10.5 Å². The van der Waals surface area contributed by atoms with Crippen LogP contribution in [0.5, 0.6) is 0 Å². The molecule has 0 spiro atoms. The molecule has 1 unspecified atom stereocenters. The Morgan fingerprint density at radius 3 is 2.47 bits per heavy atom. The number of rotatable bonds is 3. The molecule has 4 nitrogen and oxygen atoms in total. The summed E-state index contributed by atoms with van der Waals surface area (Å²) in [5.41, 5.74) is 7.97. The number of nitrogens with two attached hydrogens (primary N) is 1. The Morgan fingerprint density at radius 1 is 1.32 bits per heavy atom. The van der Waals surface area contributed by atoms with E-state index < -0.39 is 6.04 Å². The summed E-state index contributed by atoms with van der Waals surface area (Å²) in [5, 5.41) is 2.86. The number of hydrogen-bond acceptors (Lipinski definition) is 3. The van der Waals surface area contributed by atoms with Crippen molar-refractivity contribution in [1.82, 2.24) is 0 Å². The van der Waals surface area contributed by atoms with E-state index in [-0.39, 0.29) is 24.2 Å². The van der Waals surface area contributed by atoms with Crippen LogP contribution in [0.15, 0.2) is 24.3 Å². The molecule has 0 radical (unpaired) electrons. The zero-order chi connectivity index (χ0) is 13.0. The molecule has 1 heterocycles. The molecule has 1 aliphatic heterocycles. The van der Waals surface area contributed by atoms with Crippen molar-refractivity contribution in [3.63, 3.8) is 0 Å². The second kappa shape index (κ2) is 7.48. The summed E-state index contributed by atoms with van der Waals surface area (Å²) in [6.45, 7) is 3.42. The lowest BCUT2D eigenvalue weighted by Gasteiger charge is -2.26. The lowest BCUT2D eigenvalue weighted by molar-refractivity contribution is -0.119. The van der Waals surface area contributed by atoms with Gasteiger partial charge in [0.25, 0.3) is 0 Å². The van der Waals surface area contributed by atoms with E-state index in [1.54, 1.807) is 0 Å². The Balaban J connectivity index is 0.00000180. The quantitative estimate of drug-likeness (QED) is 0.893. The number of anilines is 1. The van der Waals surface area contributed by atoms with Gasteiger partial charge >= 0.3 is 0 Å². The number of amides is 1. The summed E-state index contributed by atoms with van der Waals surface area (Å²) >= 11 is 0. The first-order valence-corrected chi connectivity index (χ1v) is 6.37. The lowest BCUT2D eigenvalue weighted by Crippen LogP contribution is -2.43. The van der Waals surface area contributed by atoms with Crippen molar-refractivity contribution in [2.24, 2.45) is 11.7 Å². The zero-order valence-corrected chi connectivity index (χ0v) is 11.9. The van der Waals surface area contributed by atoms with Crippen molar-refractivity contribution in [1.29, 1.82) is 0 Å². The number of carbonyl (C=O) groups is 1. The zero-order valence-electron chi connectivity index (χ0n) is 11.1. The van der Waals surface area contributed by atoms with Gasteiger partial charge in [-0.2, -0.15) is 0 Å². The smallest absolute Gasteiger partial charge is 0.241 e. The molecule has 1 saturated heterocycles. The van der Waals surface area contributed by atoms with Crippen LogP contribution in [0.4, 0.5) is 5.69 Å². The molecule has 0 aromatic heterocycles. The summed E-state index contributed by atoms with van der Waals surface area (Å²) in [7, 11) is 0. The van der Waals surface area contributed by atoms with Crippen molar-refractivity contribution in [3.8, 4) is 0 Å². The third kappa shape index (κ3) is 4.49. The fourth-order valence-corrected chi connectivity index (χ4v) is 2.15. The van der Waals surface area contributed by atoms with Gasteiger partial charge in [0.1, 0.15) is 0 Å². The third-order valence-electron chi connectivity index (χ3n) is 3.40. The first-order chi connectivity index (χ1) is 8.66. The van der Waals surface area contributed by atoms with E-state index in [9.17, 15) is 4.79 Å². The van der Waals surface area contributed by atoms with Crippen molar-refractivity contribution < 1.29 is 9.53 Å². The molecule has 2 rings (SSSR count). The number of nitrogens with one attached hydrogen (secondary N) is 1. The second-order valence-corrected chi connectivity index (χ2v) is 4.83. The van der Waals surface area contributed by atoms with E-state index in [1.165, 1.54) is 5.56 Å². The van der Waals surface area contributed by atoms with Gasteiger partial charge < -0.3 is 15.8 Å². The molecule has 0 aliphatic carbocycles. The van der Waals surface area contributed by atoms with Crippen LogP contribution in [0.2, 0.25) is 0 Å². The highest BCUT2D eigenvalue weighted by molar-refractivity contribution is 5.94. The molecule has 1 aromatic rings. The van der Waals surface area contributed by atoms with Gasteiger partial charge in [0.2, 0.25) is 5.91 Å². The van der Waals surface area contributed by atoms with Gasteiger partial charge in [-0.15, -0.1) is 12.4 Å². The van der Waals surface area contributed by atoms with Crippen LogP contribution in [0.25, 0.3) is 0 Å². The summed E-state index contributed by atoms with van der Waals surface area (Å²) in [6.07, 6.45) is 1.73. The average Bonchev–Trinajstić information content (AvgIpc) is 2.41. The molecule has 3 N–H and O–H groups in total. The Hall–Kier alpha value is -1.10. The third-order valence-corrected chi connectivity index (χ3v) is 3.40. The summed E-state index contributed by atoms with van der Waals surface area (Å²) in [6, 6.07) is 7.27. The summed E-state index contributed by atoms with van der Waals surface area (Å²) < 4.78 is 5.27. The molecule has 1 amide bonds. The number of carbonyl (C=O) groups excluding carboxylic acids is 1. The predicted octanol–water partition coefficient (Wildman–Crippen LogP) is 2.11. The largest absolute Gasteiger partial charge is 0.381 e. The van der Waals surface area contributed by atoms with Gasteiger partial charge in [-0.1, -0.05) is 17.7 Å². The standard InChI is InChI=1S/C14H20N2O2.ClH/c1-10-2-4-12(5-3-10)16-14(17)13(15)11-6-8-18-9-7-11;/h2-5,11,13H,6-9,15H2,1H3,(H,16,17);1H. The van der Waals surface area contributed by atoms with E-state index in [1.807, 2.05) is 31.2 Å². The number of aryl methyl sites for hydroxylation is 1. The van der Waals surface area contributed by atoms with Crippen LogP contribution in [0, 0.1) is 12.8 Å². The summed E-state index contributed by atoms with van der Waals surface area (Å²) in [4.78, 5) is 12.0. The molecule has 0 bridgehead atoms. The molecule has 1 fully saturated rings. The monoisotopic (exact) mass is 284 g/mol. The molecule has 1 atom stereocenters. The Kier molecular flexibility index (Phi) is 6.28. The highest BCUT2D eigenvalue weighted by atomic mass is 35.5. The Labute approximate surface area is 120 Å². The van der Waals surface area contributed by atoms with Crippen molar-refractivity contribution in [2.45, 2.75) is 25.8 Å². The number of hydrogen-bond donors (Lipinski definition) is 2. The van der Waals surface area contributed by atoms with Crippen LogP contribution in [0.1, 0.15) is 18.4 Å². The minimum atomic E-state index is -0.449. The molecular formula is C14H21ClN2O2. The Bertz CT molecular complexity index is 402. The topological polar surface area (TPSA) is 64.4 Å². The fraction of sp³-hybridized carbons (Fsp3) is 0.500. The molecule has 0 saturated carbocycles. The van der Waals surface area contributed by atoms with Gasteiger partial charge in [0, 0.05) is 18.9 Å².